The summed E-state index contributed by atoms with van der Waals surface area (Å²) in [5, 5.41) is 1.20. The van der Waals surface area contributed by atoms with E-state index in [0.29, 0.717) is 50.6 Å². The van der Waals surface area contributed by atoms with Crippen LogP contribution in [0.25, 0.3) is 10.8 Å². The quantitative estimate of drug-likeness (QED) is 0.188. The number of para-hydroxylation sites is 2. The Bertz CT molecular complexity index is 1660. The third kappa shape index (κ3) is 4.98. The van der Waals surface area contributed by atoms with Crippen LogP contribution in [0.15, 0.2) is 146 Å². The van der Waals surface area contributed by atoms with Crippen LogP contribution in [0.1, 0.15) is 31.8 Å². The lowest BCUT2D eigenvalue weighted by Crippen LogP contribution is -2.10. The highest BCUT2D eigenvalue weighted by atomic mass is 16.5. The standard InChI is InChI=1S/C36H24O4/c37-35(26-13-5-1-6-14-26)33-30(39-28-17-9-3-10-18-28)23-21-25-22-24-31(40-29-19-11-4-12-20-29)34(32(25)33)36(38)27-15-7-2-8-16-27/h1-24H. The maximum atomic E-state index is 14.2. The molecule has 0 saturated carbocycles. The van der Waals surface area contributed by atoms with Gasteiger partial charge in [-0.2, -0.15) is 0 Å². The number of benzene rings is 6. The molecular weight excluding hydrogens is 496 g/mol. The van der Waals surface area contributed by atoms with E-state index in [1.165, 1.54) is 0 Å². The fraction of sp³-hybridized carbons (Fsp3) is 0. The largest absolute Gasteiger partial charge is 0.457 e. The summed E-state index contributed by atoms with van der Waals surface area (Å²) in [7, 11) is 0. The van der Waals surface area contributed by atoms with E-state index in [0.717, 1.165) is 5.39 Å². The third-order valence-electron chi connectivity index (χ3n) is 6.58. The molecule has 0 spiro atoms. The number of hydrogen-bond acceptors (Lipinski definition) is 4. The lowest BCUT2D eigenvalue weighted by Gasteiger charge is -2.18. The van der Waals surface area contributed by atoms with E-state index < -0.39 is 0 Å². The Labute approximate surface area is 232 Å². The SMILES string of the molecule is O=C(c1ccccc1)c1c(Oc2ccccc2)ccc2ccc(Oc3ccccc3)c(C(=O)c3ccccc3)c12. The Kier molecular flexibility index (Phi) is 6.89. The van der Waals surface area contributed by atoms with Crippen LogP contribution in [0.4, 0.5) is 0 Å². The summed E-state index contributed by atoms with van der Waals surface area (Å²) in [5.41, 5.74) is 1.57. The molecule has 0 bridgehead atoms. The number of fused-ring (bicyclic) bond motifs is 1. The molecule has 0 amide bonds. The van der Waals surface area contributed by atoms with Crippen molar-refractivity contribution in [1.29, 1.82) is 0 Å². The minimum atomic E-state index is -0.254. The molecule has 4 nitrogen and oxygen atoms in total. The fourth-order valence-electron chi connectivity index (χ4n) is 4.70. The molecule has 4 heteroatoms. The van der Waals surface area contributed by atoms with Gasteiger partial charge < -0.3 is 9.47 Å². The first-order chi connectivity index (χ1) is 19.7. The molecule has 0 aliphatic heterocycles. The zero-order chi connectivity index (χ0) is 27.3. The van der Waals surface area contributed by atoms with Gasteiger partial charge >= 0.3 is 0 Å². The minimum Gasteiger partial charge on any atom is -0.457 e. The van der Waals surface area contributed by atoms with Gasteiger partial charge in [0, 0.05) is 16.5 Å². The Balaban J connectivity index is 1.66. The molecule has 0 heterocycles. The van der Waals surface area contributed by atoms with Crippen molar-refractivity contribution in [2.45, 2.75) is 0 Å². The van der Waals surface area contributed by atoms with Crippen molar-refractivity contribution < 1.29 is 19.1 Å². The number of hydrogen-bond donors (Lipinski definition) is 0. The van der Waals surface area contributed by atoms with Gasteiger partial charge in [0.15, 0.2) is 11.6 Å². The summed E-state index contributed by atoms with van der Waals surface area (Å²) in [6.07, 6.45) is 0. The predicted molar refractivity (Wildman–Crippen MR) is 157 cm³/mol. The molecule has 0 aromatic heterocycles. The first kappa shape index (κ1) is 24.8. The number of carbonyl (C=O) groups excluding carboxylic acids is 2. The van der Waals surface area contributed by atoms with Crippen LogP contribution < -0.4 is 9.47 Å². The second-order valence-corrected chi connectivity index (χ2v) is 9.20. The predicted octanol–water partition coefficient (Wildman–Crippen LogP) is 8.89. The number of rotatable bonds is 8. The maximum absolute atomic E-state index is 14.2. The van der Waals surface area contributed by atoms with Gasteiger partial charge in [-0.3, -0.25) is 9.59 Å². The van der Waals surface area contributed by atoms with Gasteiger partial charge in [0.05, 0.1) is 11.1 Å². The molecule has 6 rings (SSSR count). The van der Waals surface area contributed by atoms with Gasteiger partial charge in [-0.05, 0) is 41.8 Å². The van der Waals surface area contributed by atoms with Gasteiger partial charge in [-0.15, -0.1) is 0 Å². The summed E-state index contributed by atoms with van der Waals surface area (Å²) in [6, 6.07) is 43.9. The Morgan fingerprint density at radius 2 is 0.750 bits per heavy atom. The zero-order valence-electron chi connectivity index (χ0n) is 21.5. The molecule has 40 heavy (non-hydrogen) atoms. The van der Waals surface area contributed by atoms with E-state index in [9.17, 15) is 9.59 Å². The molecule has 0 unspecified atom stereocenters. The molecule has 6 aromatic rings. The van der Waals surface area contributed by atoms with E-state index in [1.54, 1.807) is 36.4 Å². The van der Waals surface area contributed by atoms with Crippen molar-refractivity contribution in [2.24, 2.45) is 0 Å². The number of ether oxygens (including phenoxy) is 2. The smallest absolute Gasteiger partial charge is 0.197 e. The molecule has 0 aliphatic carbocycles. The highest BCUT2D eigenvalue weighted by Gasteiger charge is 2.27. The third-order valence-corrected chi connectivity index (χ3v) is 6.58. The fourth-order valence-corrected chi connectivity index (χ4v) is 4.70. The van der Waals surface area contributed by atoms with Crippen LogP contribution in [0.3, 0.4) is 0 Å². The van der Waals surface area contributed by atoms with Crippen LogP contribution in [0.2, 0.25) is 0 Å². The van der Waals surface area contributed by atoms with Crippen molar-refractivity contribution in [3.63, 3.8) is 0 Å². The first-order valence-electron chi connectivity index (χ1n) is 12.9. The first-order valence-corrected chi connectivity index (χ1v) is 12.9. The second kappa shape index (κ2) is 11.1. The van der Waals surface area contributed by atoms with Gasteiger partial charge in [-0.25, -0.2) is 0 Å². The maximum Gasteiger partial charge on any atom is 0.197 e. The van der Waals surface area contributed by atoms with E-state index >= 15 is 0 Å². The number of ketones is 2. The van der Waals surface area contributed by atoms with Crippen LogP contribution in [0, 0.1) is 0 Å². The zero-order valence-corrected chi connectivity index (χ0v) is 21.5. The van der Waals surface area contributed by atoms with Gasteiger partial charge in [0.1, 0.15) is 23.0 Å². The van der Waals surface area contributed by atoms with E-state index in [4.69, 9.17) is 9.47 Å². The molecule has 0 fully saturated rings. The summed E-state index contributed by atoms with van der Waals surface area (Å²) in [5.74, 6) is 1.36. The topological polar surface area (TPSA) is 52.6 Å². The molecule has 6 aromatic carbocycles. The molecule has 0 atom stereocenters. The van der Waals surface area contributed by atoms with Crippen LogP contribution in [-0.2, 0) is 0 Å². The average Bonchev–Trinajstić information content (AvgIpc) is 3.02. The lowest BCUT2D eigenvalue weighted by molar-refractivity contribution is 0.103. The van der Waals surface area contributed by atoms with Crippen molar-refractivity contribution in [3.8, 4) is 23.0 Å². The van der Waals surface area contributed by atoms with Crippen molar-refractivity contribution in [3.05, 3.63) is 168 Å². The molecule has 0 aliphatic rings. The van der Waals surface area contributed by atoms with Gasteiger partial charge in [-0.1, -0.05) is 109 Å². The van der Waals surface area contributed by atoms with Crippen LogP contribution in [0.5, 0.6) is 23.0 Å². The van der Waals surface area contributed by atoms with Crippen LogP contribution in [-0.4, -0.2) is 11.6 Å². The van der Waals surface area contributed by atoms with Crippen LogP contribution >= 0.6 is 0 Å². The van der Waals surface area contributed by atoms with E-state index in [-0.39, 0.29) is 11.6 Å². The van der Waals surface area contributed by atoms with Gasteiger partial charge in [0.25, 0.3) is 0 Å². The number of carbonyl (C=O) groups is 2. The summed E-state index contributed by atoms with van der Waals surface area (Å²) >= 11 is 0. The average molecular weight is 521 g/mol. The Hall–Kier alpha value is -5.48. The summed E-state index contributed by atoms with van der Waals surface area (Å²) in [6.45, 7) is 0. The molecule has 0 N–H and O–H groups in total. The van der Waals surface area contributed by atoms with Crippen molar-refractivity contribution >= 4 is 22.3 Å². The molecule has 192 valence electrons. The Morgan fingerprint density at radius 1 is 0.400 bits per heavy atom. The van der Waals surface area contributed by atoms with Crippen molar-refractivity contribution in [2.75, 3.05) is 0 Å². The van der Waals surface area contributed by atoms with Gasteiger partial charge in [0.2, 0.25) is 0 Å². The monoisotopic (exact) mass is 520 g/mol. The highest BCUT2D eigenvalue weighted by Crippen LogP contribution is 2.40. The second-order valence-electron chi connectivity index (χ2n) is 9.20. The molecular formula is C36H24O4. The normalized spacial score (nSPS) is 10.7. The van der Waals surface area contributed by atoms with Crippen molar-refractivity contribution in [1.82, 2.24) is 0 Å². The summed E-state index contributed by atoms with van der Waals surface area (Å²) < 4.78 is 12.6. The Morgan fingerprint density at radius 3 is 1.12 bits per heavy atom. The van der Waals surface area contributed by atoms with E-state index in [1.807, 2.05) is 109 Å². The highest BCUT2D eigenvalue weighted by molar-refractivity contribution is 6.26. The summed E-state index contributed by atoms with van der Waals surface area (Å²) in [4.78, 5) is 28.4. The lowest BCUT2D eigenvalue weighted by atomic mass is 9.89. The van der Waals surface area contributed by atoms with E-state index in [2.05, 4.69) is 0 Å². The minimum absolute atomic E-state index is 0.254. The molecule has 0 radical (unpaired) electrons. The molecule has 0 saturated heterocycles.